The normalized spacial score (nSPS) is 27.6. The summed E-state index contributed by atoms with van der Waals surface area (Å²) in [4.78, 5) is 2.39. The lowest BCUT2D eigenvalue weighted by molar-refractivity contribution is 0.189. The van der Waals surface area contributed by atoms with Crippen molar-refractivity contribution in [2.45, 2.75) is 44.2 Å². The van der Waals surface area contributed by atoms with Crippen molar-refractivity contribution in [1.29, 1.82) is 0 Å². The fraction of sp³-hybridized carbons (Fsp3) is 0.647. The van der Waals surface area contributed by atoms with E-state index in [0.29, 0.717) is 10.9 Å². The van der Waals surface area contributed by atoms with Crippen molar-refractivity contribution in [3.63, 3.8) is 0 Å². The average Bonchev–Trinajstić information content (AvgIpc) is 3.26. The average molecular weight is 311 g/mol. The molecule has 0 radical (unpaired) electrons. The Morgan fingerprint density at radius 1 is 1.29 bits per heavy atom. The van der Waals surface area contributed by atoms with Crippen molar-refractivity contribution in [3.05, 3.63) is 34.6 Å². The molecule has 116 valence electrons. The van der Waals surface area contributed by atoms with E-state index >= 15 is 0 Å². The zero-order valence-electron chi connectivity index (χ0n) is 12.6. The molecule has 2 atom stereocenters. The molecule has 1 aliphatic carbocycles. The minimum absolute atomic E-state index is 0.257. The first-order valence-electron chi connectivity index (χ1n) is 8.03. The summed E-state index contributed by atoms with van der Waals surface area (Å²) in [5.41, 5.74) is 1.07. The molecule has 0 spiro atoms. The molecular formula is C17H24ClFN2. The first-order valence-corrected chi connectivity index (χ1v) is 8.41. The van der Waals surface area contributed by atoms with Crippen LogP contribution in [-0.2, 0) is 0 Å². The molecule has 2 aliphatic rings. The van der Waals surface area contributed by atoms with Crippen LogP contribution in [0.5, 0.6) is 0 Å². The van der Waals surface area contributed by atoms with Crippen LogP contribution < -0.4 is 5.32 Å². The van der Waals surface area contributed by atoms with Crippen LogP contribution in [0, 0.1) is 11.7 Å². The molecular weight excluding hydrogens is 287 g/mol. The maximum Gasteiger partial charge on any atom is 0.124 e. The van der Waals surface area contributed by atoms with Gasteiger partial charge in [0.15, 0.2) is 0 Å². The lowest BCUT2D eigenvalue weighted by atomic mass is 9.89. The van der Waals surface area contributed by atoms with Crippen LogP contribution in [0.15, 0.2) is 18.2 Å². The van der Waals surface area contributed by atoms with Gasteiger partial charge in [-0.1, -0.05) is 24.1 Å². The van der Waals surface area contributed by atoms with Crippen LogP contribution in [0.4, 0.5) is 4.39 Å². The second kappa shape index (κ2) is 6.64. The summed E-state index contributed by atoms with van der Waals surface area (Å²) in [6, 6.07) is 5.86. The second-order valence-electron chi connectivity index (χ2n) is 6.53. The number of nitrogens with one attached hydrogen (secondary N) is 1. The highest BCUT2D eigenvalue weighted by molar-refractivity contribution is 6.31. The number of hydrogen-bond acceptors (Lipinski definition) is 2. The number of nitrogens with zero attached hydrogens (tertiary/aromatic N) is 1. The largest absolute Gasteiger partial charge is 0.314 e. The van der Waals surface area contributed by atoms with Crippen LogP contribution in [0.2, 0.25) is 5.02 Å². The number of likely N-dealkylation sites (tertiary alicyclic amines) is 1. The standard InChI is InChI=1S/C17H24ClFN2/c1-21-9-3-2-4-12(11-20-14-6-7-14)17(21)15-8-5-13(19)10-16(15)18/h5,8,10,12,14,17,20H,2-4,6-7,9,11H2,1H3. The Labute approximate surface area is 131 Å². The lowest BCUT2D eigenvalue weighted by Gasteiger charge is -2.33. The Morgan fingerprint density at radius 3 is 2.81 bits per heavy atom. The van der Waals surface area contributed by atoms with Gasteiger partial charge in [-0.15, -0.1) is 0 Å². The van der Waals surface area contributed by atoms with Gasteiger partial charge in [0, 0.05) is 23.7 Å². The van der Waals surface area contributed by atoms with E-state index in [4.69, 9.17) is 11.6 Å². The van der Waals surface area contributed by atoms with Crippen molar-refractivity contribution in [2.24, 2.45) is 5.92 Å². The summed E-state index contributed by atoms with van der Waals surface area (Å²) in [6.45, 7) is 2.12. The Balaban J connectivity index is 1.83. The van der Waals surface area contributed by atoms with Gasteiger partial charge in [-0.2, -0.15) is 0 Å². The summed E-state index contributed by atoms with van der Waals surface area (Å²) >= 11 is 6.33. The quantitative estimate of drug-likeness (QED) is 0.904. The van der Waals surface area contributed by atoms with Gasteiger partial charge in [-0.3, -0.25) is 4.90 Å². The van der Waals surface area contributed by atoms with E-state index < -0.39 is 0 Å². The van der Waals surface area contributed by atoms with Gasteiger partial charge in [0.05, 0.1) is 0 Å². The van der Waals surface area contributed by atoms with Crippen LogP contribution in [0.25, 0.3) is 0 Å². The van der Waals surface area contributed by atoms with E-state index in [0.717, 1.165) is 24.7 Å². The van der Waals surface area contributed by atoms with E-state index in [1.54, 1.807) is 0 Å². The number of rotatable bonds is 4. The van der Waals surface area contributed by atoms with Crippen molar-refractivity contribution in [2.75, 3.05) is 20.1 Å². The van der Waals surface area contributed by atoms with Crippen LogP contribution in [-0.4, -0.2) is 31.1 Å². The minimum Gasteiger partial charge on any atom is -0.314 e. The van der Waals surface area contributed by atoms with Gasteiger partial charge in [0.1, 0.15) is 5.82 Å². The van der Waals surface area contributed by atoms with Gasteiger partial charge in [0.2, 0.25) is 0 Å². The summed E-state index contributed by atoms with van der Waals surface area (Å²) < 4.78 is 13.3. The predicted octanol–water partition coefficient (Wildman–Crippen LogP) is 4.00. The molecule has 1 aromatic carbocycles. The Kier molecular flexibility index (Phi) is 4.82. The summed E-state index contributed by atoms with van der Waals surface area (Å²) in [5, 5.41) is 4.22. The Hall–Kier alpha value is -0.640. The molecule has 4 heteroatoms. The van der Waals surface area contributed by atoms with E-state index in [1.165, 1.54) is 44.2 Å². The van der Waals surface area contributed by atoms with Gasteiger partial charge >= 0.3 is 0 Å². The third kappa shape index (κ3) is 3.77. The highest BCUT2D eigenvalue weighted by Gasteiger charge is 2.32. The molecule has 0 aromatic heterocycles. The molecule has 1 saturated heterocycles. The van der Waals surface area contributed by atoms with Crippen molar-refractivity contribution in [1.82, 2.24) is 10.2 Å². The van der Waals surface area contributed by atoms with Crippen LogP contribution in [0.1, 0.15) is 43.7 Å². The van der Waals surface area contributed by atoms with Crippen molar-refractivity contribution in [3.8, 4) is 0 Å². The van der Waals surface area contributed by atoms with E-state index in [2.05, 4.69) is 17.3 Å². The molecule has 2 fully saturated rings. The molecule has 3 rings (SSSR count). The lowest BCUT2D eigenvalue weighted by Crippen LogP contribution is -2.35. The maximum atomic E-state index is 13.3. The minimum atomic E-state index is -0.257. The van der Waals surface area contributed by atoms with Gasteiger partial charge < -0.3 is 5.32 Å². The SMILES string of the molecule is CN1CCCCC(CNC2CC2)C1c1ccc(F)cc1Cl. The topological polar surface area (TPSA) is 15.3 Å². The molecule has 1 aromatic rings. The Bertz CT molecular complexity index is 490. The number of benzene rings is 1. The highest BCUT2D eigenvalue weighted by Crippen LogP contribution is 2.37. The molecule has 0 bridgehead atoms. The smallest absolute Gasteiger partial charge is 0.124 e. The zero-order chi connectivity index (χ0) is 14.8. The molecule has 2 nitrogen and oxygen atoms in total. The first kappa shape index (κ1) is 15.3. The molecule has 0 amide bonds. The van der Waals surface area contributed by atoms with Crippen molar-refractivity contribution < 1.29 is 4.39 Å². The molecule has 1 heterocycles. The second-order valence-corrected chi connectivity index (χ2v) is 6.94. The van der Waals surface area contributed by atoms with E-state index in [1.807, 2.05) is 6.07 Å². The highest BCUT2D eigenvalue weighted by atomic mass is 35.5. The Morgan fingerprint density at radius 2 is 2.10 bits per heavy atom. The first-order chi connectivity index (χ1) is 10.1. The summed E-state index contributed by atoms with van der Waals surface area (Å²) in [5.74, 6) is 0.286. The van der Waals surface area contributed by atoms with E-state index in [9.17, 15) is 4.39 Å². The number of halogens is 2. The van der Waals surface area contributed by atoms with Gasteiger partial charge in [-0.25, -0.2) is 4.39 Å². The molecule has 1 saturated carbocycles. The van der Waals surface area contributed by atoms with Crippen molar-refractivity contribution >= 4 is 11.6 Å². The fourth-order valence-electron chi connectivity index (χ4n) is 3.48. The monoisotopic (exact) mass is 310 g/mol. The van der Waals surface area contributed by atoms with Gasteiger partial charge in [0.25, 0.3) is 0 Å². The fourth-order valence-corrected chi connectivity index (χ4v) is 3.76. The molecule has 2 unspecified atom stereocenters. The predicted molar refractivity (Wildman–Crippen MR) is 85.1 cm³/mol. The van der Waals surface area contributed by atoms with Crippen LogP contribution in [0.3, 0.4) is 0 Å². The molecule has 1 aliphatic heterocycles. The molecule has 1 N–H and O–H groups in total. The number of hydrogen-bond donors (Lipinski definition) is 1. The maximum absolute atomic E-state index is 13.3. The van der Waals surface area contributed by atoms with Gasteiger partial charge in [-0.05, 0) is 62.9 Å². The zero-order valence-corrected chi connectivity index (χ0v) is 13.4. The third-order valence-electron chi connectivity index (χ3n) is 4.78. The van der Waals surface area contributed by atoms with Crippen LogP contribution >= 0.6 is 11.6 Å². The summed E-state index contributed by atoms with van der Waals surface area (Å²) in [6.07, 6.45) is 6.32. The third-order valence-corrected chi connectivity index (χ3v) is 5.11. The van der Waals surface area contributed by atoms with E-state index in [-0.39, 0.29) is 11.9 Å². The summed E-state index contributed by atoms with van der Waals surface area (Å²) in [7, 11) is 2.17. The molecule has 21 heavy (non-hydrogen) atoms.